The third-order valence-corrected chi connectivity index (χ3v) is 5.84. The van der Waals surface area contributed by atoms with Crippen LogP contribution in [0.15, 0.2) is 83.8 Å². The molecule has 0 bridgehead atoms. The lowest BCUT2D eigenvalue weighted by Gasteiger charge is -2.11. The third-order valence-electron chi connectivity index (χ3n) is 4.88. The highest BCUT2D eigenvalue weighted by Gasteiger charge is 2.20. The molecule has 3 aromatic carbocycles. The third kappa shape index (κ3) is 4.16. The van der Waals surface area contributed by atoms with Crippen molar-refractivity contribution in [1.29, 1.82) is 0 Å². The first kappa shape index (κ1) is 20.6. The maximum Gasteiger partial charge on any atom is 0.240 e. The second-order valence-corrected chi connectivity index (χ2v) is 8.33. The molecule has 4 rings (SSSR count). The fraction of sp³-hybridized carbons (Fsp3) is 0.0870. The minimum absolute atomic E-state index is 0.00542. The second-order valence-electron chi connectivity index (χ2n) is 6.80. The summed E-state index contributed by atoms with van der Waals surface area (Å²) in [4.78, 5) is -0.00542. The molecule has 0 amide bonds. The van der Waals surface area contributed by atoms with Crippen LogP contribution in [0.25, 0.3) is 28.2 Å². The van der Waals surface area contributed by atoms with Crippen molar-refractivity contribution in [2.45, 2.75) is 4.90 Å². The summed E-state index contributed by atoms with van der Waals surface area (Å²) in [5.74, 6) is 1.45. The molecule has 0 unspecified atom stereocenters. The zero-order chi connectivity index (χ0) is 22.0. The molecule has 4 aromatic rings. The summed E-state index contributed by atoms with van der Waals surface area (Å²) in [5.41, 5.74) is 3.47. The lowest BCUT2D eigenvalue weighted by molar-refractivity contribution is 0.414. The van der Waals surface area contributed by atoms with Gasteiger partial charge in [-0.2, -0.15) is 5.10 Å². The largest absolute Gasteiger partial charge is 0.497 e. The summed E-state index contributed by atoms with van der Waals surface area (Å²) >= 11 is 0. The molecule has 1 heterocycles. The van der Waals surface area contributed by atoms with Crippen molar-refractivity contribution in [3.05, 3.63) is 78.9 Å². The maximum atomic E-state index is 12.2. The summed E-state index contributed by atoms with van der Waals surface area (Å²) in [6, 6.07) is 23.4. The fourth-order valence-electron chi connectivity index (χ4n) is 3.31. The van der Waals surface area contributed by atoms with Gasteiger partial charge < -0.3 is 9.47 Å². The Kier molecular flexibility index (Phi) is 5.50. The van der Waals surface area contributed by atoms with Crippen molar-refractivity contribution in [1.82, 2.24) is 9.78 Å². The molecule has 8 heteroatoms. The smallest absolute Gasteiger partial charge is 0.240 e. The zero-order valence-corrected chi connectivity index (χ0v) is 17.8. The van der Waals surface area contributed by atoms with Gasteiger partial charge in [0.1, 0.15) is 16.4 Å². The number of hydrogen-bond donors (Lipinski definition) is 1. The van der Waals surface area contributed by atoms with Gasteiger partial charge in [-0.25, -0.2) is 18.2 Å². The summed E-state index contributed by atoms with van der Waals surface area (Å²) < 4.78 is 36.5. The maximum absolute atomic E-state index is 12.2. The van der Waals surface area contributed by atoms with Gasteiger partial charge in [0.15, 0.2) is 0 Å². The van der Waals surface area contributed by atoms with E-state index < -0.39 is 10.0 Å². The van der Waals surface area contributed by atoms with Crippen LogP contribution in [0.2, 0.25) is 0 Å². The van der Waals surface area contributed by atoms with Crippen molar-refractivity contribution < 1.29 is 17.9 Å². The SMILES string of the molecule is COc1ccc(-c2cc(-c3ccc(OC)cc3)n(-c3ccccc3S(N)(=O)=O)n2)cc1. The van der Waals surface area contributed by atoms with E-state index in [4.69, 9.17) is 19.7 Å². The molecule has 0 aliphatic carbocycles. The van der Waals surface area contributed by atoms with Gasteiger partial charge in [-0.15, -0.1) is 0 Å². The van der Waals surface area contributed by atoms with Crippen LogP contribution < -0.4 is 14.6 Å². The van der Waals surface area contributed by atoms with Crippen molar-refractivity contribution >= 4 is 10.0 Å². The van der Waals surface area contributed by atoms with Crippen molar-refractivity contribution in [3.63, 3.8) is 0 Å². The van der Waals surface area contributed by atoms with Gasteiger partial charge in [0.05, 0.1) is 31.3 Å². The highest BCUT2D eigenvalue weighted by atomic mass is 32.2. The quantitative estimate of drug-likeness (QED) is 0.496. The van der Waals surface area contributed by atoms with E-state index in [9.17, 15) is 8.42 Å². The Morgan fingerprint density at radius 1 is 0.806 bits per heavy atom. The normalized spacial score (nSPS) is 11.3. The van der Waals surface area contributed by atoms with Gasteiger partial charge in [0.2, 0.25) is 10.0 Å². The number of para-hydroxylation sites is 1. The number of ether oxygens (including phenoxy) is 2. The van der Waals surface area contributed by atoms with Crippen LogP contribution in [0.3, 0.4) is 0 Å². The first-order valence-electron chi connectivity index (χ1n) is 9.42. The van der Waals surface area contributed by atoms with Crippen LogP contribution in [0.5, 0.6) is 11.5 Å². The van der Waals surface area contributed by atoms with E-state index in [-0.39, 0.29) is 4.90 Å². The lowest BCUT2D eigenvalue weighted by atomic mass is 10.1. The topological polar surface area (TPSA) is 96.4 Å². The van der Waals surface area contributed by atoms with E-state index in [2.05, 4.69) is 0 Å². The van der Waals surface area contributed by atoms with E-state index in [1.54, 1.807) is 37.1 Å². The number of hydrogen-bond acceptors (Lipinski definition) is 5. The van der Waals surface area contributed by atoms with Gasteiger partial charge in [-0.3, -0.25) is 0 Å². The summed E-state index contributed by atoms with van der Waals surface area (Å²) in [5, 5.41) is 10.2. The number of rotatable bonds is 6. The molecule has 0 saturated heterocycles. The number of primary sulfonamides is 1. The Morgan fingerprint density at radius 2 is 1.35 bits per heavy atom. The molecule has 0 saturated carbocycles. The number of benzene rings is 3. The zero-order valence-electron chi connectivity index (χ0n) is 17.0. The first-order valence-corrected chi connectivity index (χ1v) is 11.0. The number of nitrogens with zero attached hydrogens (tertiary/aromatic N) is 2. The molecule has 0 spiro atoms. The van der Waals surface area contributed by atoms with Crippen LogP contribution in [0.4, 0.5) is 0 Å². The predicted octanol–water partition coefficient (Wildman–Crippen LogP) is 3.87. The van der Waals surface area contributed by atoms with E-state index in [0.29, 0.717) is 17.1 Å². The Hall–Kier alpha value is -3.62. The number of aromatic nitrogens is 2. The summed E-state index contributed by atoms with van der Waals surface area (Å²) in [6.45, 7) is 0. The molecule has 0 radical (unpaired) electrons. The second kappa shape index (κ2) is 8.25. The molecule has 0 atom stereocenters. The Bertz CT molecular complexity index is 1310. The van der Waals surface area contributed by atoms with Crippen LogP contribution in [-0.2, 0) is 10.0 Å². The molecule has 158 valence electrons. The van der Waals surface area contributed by atoms with Gasteiger partial charge >= 0.3 is 0 Å². The van der Waals surface area contributed by atoms with E-state index in [1.807, 2.05) is 54.6 Å². The number of nitrogens with two attached hydrogens (primary N) is 1. The number of methoxy groups -OCH3 is 2. The van der Waals surface area contributed by atoms with Crippen LogP contribution in [0, 0.1) is 0 Å². The van der Waals surface area contributed by atoms with Crippen molar-refractivity contribution in [2.24, 2.45) is 5.14 Å². The minimum atomic E-state index is -3.95. The molecule has 0 fully saturated rings. The highest BCUT2D eigenvalue weighted by molar-refractivity contribution is 7.89. The van der Waals surface area contributed by atoms with Crippen molar-refractivity contribution in [2.75, 3.05) is 14.2 Å². The fourth-order valence-corrected chi connectivity index (χ4v) is 4.02. The molecule has 0 aliphatic heterocycles. The average Bonchev–Trinajstić information content (AvgIpc) is 3.24. The van der Waals surface area contributed by atoms with Crippen LogP contribution in [-0.4, -0.2) is 32.4 Å². The first-order chi connectivity index (χ1) is 14.9. The van der Waals surface area contributed by atoms with Gasteiger partial charge in [-0.1, -0.05) is 12.1 Å². The number of sulfonamides is 1. The van der Waals surface area contributed by atoms with E-state index >= 15 is 0 Å². The Balaban J connectivity index is 1.93. The molecule has 1 aromatic heterocycles. The minimum Gasteiger partial charge on any atom is -0.497 e. The lowest BCUT2D eigenvalue weighted by Crippen LogP contribution is -2.16. The van der Waals surface area contributed by atoms with Gasteiger partial charge in [-0.05, 0) is 66.7 Å². The summed E-state index contributed by atoms with van der Waals surface area (Å²) in [6.07, 6.45) is 0. The average molecular weight is 436 g/mol. The predicted molar refractivity (Wildman–Crippen MR) is 119 cm³/mol. The molecule has 2 N–H and O–H groups in total. The molecular weight excluding hydrogens is 414 g/mol. The standard InChI is InChI=1S/C23H21N3O4S/c1-29-18-11-7-16(8-12-18)20-15-22(17-9-13-19(30-2)14-10-17)26(25-20)21-5-3-4-6-23(21)31(24,27)28/h3-15H,1-2H3,(H2,24,27,28). The van der Waals surface area contributed by atoms with E-state index in [1.165, 1.54) is 6.07 Å². The molecule has 31 heavy (non-hydrogen) atoms. The van der Waals surface area contributed by atoms with E-state index in [0.717, 1.165) is 22.6 Å². The molecule has 0 aliphatic rings. The monoisotopic (exact) mass is 435 g/mol. The van der Waals surface area contributed by atoms with Gasteiger partial charge in [0.25, 0.3) is 0 Å². The highest BCUT2D eigenvalue weighted by Crippen LogP contribution is 2.32. The Labute approximate surface area is 180 Å². The van der Waals surface area contributed by atoms with Crippen LogP contribution >= 0.6 is 0 Å². The van der Waals surface area contributed by atoms with Gasteiger partial charge in [0, 0.05) is 11.1 Å². The Morgan fingerprint density at radius 3 is 1.90 bits per heavy atom. The molecule has 7 nitrogen and oxygen atoms in total. The van der Waals surface area contributed by atoms with Crippen molar-refractivity contribution in [3.8, 4) is 39.7 Å². The van der Waals surface area contributed by atoms with Crippen LogP contribution in [0.1, 0.15) is 0 Å². The molecular formula is C23H21N3O4S. The summed E-state index contributed by atoms with van der Waals surface area (Å²) in [7, 11) is -0.746.